The number of nitrogens with one attached hydrogen (secondary N) is 1. The van der Waals surface area contributed by atoms with Crippen LogP contribution < -0.4 is 10.9 Å². The number of benzene rings is 1. The molecule has 27 heavy (non-hydrogen) atoms. The maximum atomic E-state index is 12.2. The van der Waals surface area contributed by atoms with Gasteiger partial charge in [-0.05, 0) is 37.3 Å². The number of hydrogen-bond acceptors (Lipinski definition) is 6. The van der Waals surface area contributed by atoms with Crippen LogP contribution in [0.5, 0.6) is 0 Å². The zero-order valence-corrected chi connectivity index (χ0v) is 14.4. The van der Waals surface area contributed by atoms with Crippen LogP contribution in [0.2, 0.25) is 0 Å². The molecule has 0 aliphatic rings. The van der Waals surface area contributed by atoms with Gasteiger partial charge in [-0.2, -0.15) is 14.7 Å². The molecule has 4 aromatic rings. The Labute approximate surface area is 153 Å². The predicted octanol–water partition coefficient (Wildman–Crippen LogP) is 1.30. The van der Waals surface area contributed by atoms with Crippen molar-refractivity contribution in [2.45, 2.75) is 13.5 Å². The second-order valence-corrected chi connectivity index (χ2v) is 5.88. The van der Waals surface area contributed by atoms with Crippen LogP contribution in [-0.4, -0.2) is 35.5 Å². The average Bonchev–Trinajstić information content (AvgIpc) is 3.04. The predicted molar refractivity (Wildman–Crippen MR) is 98.1 cm³/mol. The van der Waals surface area contributed by atoms with Crippen LogP contribution in [0.3, 0.4) is 0 Å². The zero-order chi connectivity index (χ0) is 18.8. The van der Waals surface area contributed by atoms with Crippen LogP contribution in [0, 0.1) is 6.92 Å². The minimum absolute atomic E-state index is 0.159. The fraction of sp³-hybridized carbons (Fsp3) is 0.111. The highest BCUT2D eigenvalue weighted by atomic mass is 16.2. The molecule has 0 unspecified atom stereocenters. The SMILES string of the molecule is Cc1nnc2ccc(-c3cccc(NC(=O)Cn4ncccc4=O)c3)nn12. The van der Waals surface area contributed by atoms with Crippen molar-refractivity contribution in [1.82, 2.24) is 29.6 Å². The summed E-state index contributed by atoms with van der Waals surface area (Å²) < 4.78 is 2.76. The lowest BCUT2D eigenvalue weighted by atomic mass is 10.1. The van der Waals surface area contributed by atoms with Gasteiger partial charge in [0.25, 0.3) is 5.56 Å². The lowest BCUT2D eigenvalue weighted by Crippen LogP contribution is -2.28. The largest absolute Gasteiger partial charge is 0.324 e. The molecule has 0 radical (unpaired) electrons. The van der Waals surface area contributed by atoms with Crippen LogP contribution in [0.25, 0.3) is 16.9 Å². The van der Waals surface area contributed by atoms with E-state index >= 15 is 0 Å². The molecule has 0 bridgehead atoms. The maximum absolute atomic E-state index is 12.2. The molecular formula is C18H15N7O2. The van der Waals surface area contributed by atoms with Gasteiger partial charge < -0.3 is 5.32 Å². The Kier molecular flexibility index (Phi) is 4.17. The van der Waals surface area contributed by atoms with Gasteiger partial charge >= 0.3 is 0 Å². The van der Waals surface area contributed by atoms with E-state index in [9.17, 15) is 9.59 Å². The first-order valence-electron chi connectivity index (χ1n) is 8.22. The van der Waals surface area contributed by atoms with Crippen LogP contribution in [0.1, 0.15) is 5.82 Å². The lowest BCUT2D eigenvalue weighted by molar-refractivity contribution is -0.117. The topological polar surface area (TPSA) is 107 Å². The molecule has 0 atom stereocenters. The van der Waals surface area contributed by atoms with Gasteiger partial charge in [-0.15, -0.1) is 10.2 Å². The Morgan fingerprint density at radius 2 is 2.00 bits per heavy atom. The Morgan fingerprint density at radius 3 is 2.85 bits per heavy atom. The number of carbonyl (C=O) groups is 1. The molecule has 3 heterocycles. The summed E-state index contributed by atoms with van der Waals surface area (Å²) in [6.07, 6.45) is 1.46. The van der Waals surface area contributed by atoms with Crippen molar-refractivity contribution in [3.8, 4) is 11.3 Å². The fourth-order valence-electron chi connectivity index (χ4n) is 2.65. The minimum Gasteiger partial charge on any atom is -0.324 e. The molecule has 3 aromatic heterocycles. The van der Waals surface area contributed by atoms with Crippen LogP contribution in [0.15, 0.2) is 59.5 Å². The van der Waals surface area contributed by atoms with E-state index in [2.05, 4.69) is 25.7 Å². The van der Waals surface area contributed by atoms with Crippen molar-refractivity contribution >= 4 is 17.2 Å². The average molecular weight is 361 g/mol. The number of aromatic nitrogens is 6. The summed E-state index contributed by atoms with van der Waals surface area (Å²) in [6.45, 7) is 1.67. The Balaban J connectivity index is 1.56. The number of anilines is 1. The first kappa shape index (κ1) is 16.6. The fourth-order valence-corrected chi connectivity index (χ4v) is 2.65. The highest BCUT2D eigenvalue weighted by Crippen LogP contribution is 2.21. The molecule has 0 saturated carbocycles. The maximum Gasteiger partial charge on any atom is 0.267 e. The molecule has 1 aromatic carbocycles. The van der Waals surface area contributed by atoms with E-state index in [0.29, 0.717) is 17.2 Å². The van der Waals surface area contributed by atoms with E-state index in [4.69, 9.17) is 0 Å². The summed E-state index contributed by atoms with van der Waals surface area (Å²) in [5.41, 5.74) is 2.49. The van der Waals surface area contributed by atoms with Crippen LogP contribution in [-0.2, 0) is 11.3 Å². The van der Waals surface area contributed by atoms with Gasteiger partial charge in [0.2, 0.25) is 5.91 Å². The quantitative estimate of drug-likeness (QED) is 0.587. The molecular weight excluding hydrogens is 346 g/mol. The Morgan fingerprint density at radius 1 is 1.11 bits per heavy atom. The van der Waals surface area contributed by atoms with Crippen molar-refractivity contribution in [3.63, 3.8) is 0 Å². The molecule has 9 heteroatoms. The third kappa shape index (κ3) is 3.43. The highest BCUT2D eigenvalue weighted by molar-refractivity contribution is 5.91. The molecule has 9 nitrogen and oxygen atoms in total. The van der Waals surface area contributed by atoms with Crippen molar-refractivity contribution < 1.29 is 4.79 Å². The second kappa shape index (κ2) is 6.79. The summed E-state index contributed by atoms with van der Waals surface area (Å²) in [6, 6.07) is 13.9. The van der Waals surface area contributed by atoms with E-state index in [1.54, 1.807) is 10.6 Å². The van der Waals surface area contributed by atoms with Crippen molar-refractivity contribution in [2.75, 3.05) is 5.32 Å². The number of amides is 1. The first-order chi connectivity index (χ1) is 13.1. The van der Waals surface area contributed by atoms with Crippen molar-refractivity contribution in [3.05, 3.63) is 70.9 Å². The van der Waals surface area contributed by atoms with Crippen LogP contribution in [0.4, 0.5) is 5.69 Å². The molecule has 1 N–H and O–H groups in total. The summed E-state index contributed by atoms with van der Waals surface area (Å²) in [7, 11) is 0. The normalized spacial score (nSPS) is 10.9. The zero-order valence-electron chi connectivity index (χ0n) is 14.4. The summed E-state index contributed by atoms with van der Waals surface area (Å²) in [5.74, 6) is 0.350. The van der Waals surface area contributed by atoms with E-state index in [0.717, 1.165) is 15.9 Å². The number of carbonyl (C=O) groups excluding carboxylic acids is 1. The van der Waals surface area contributed by atoms with E-state index in [-0.39, 0.29) is 18.0 Å². The standard InChI is InChI=1S/C18H15N7O2/c1-12-21-22-16-8-7-15(23-25(12)16)13-4-2-5-14(10-13)20-17(26)11-24-18(27)6-3-9-19-24/h2-10H,11H2,1H3,(H,20,26). The van der Waals surface area contributed by atoms with Gasteiger partial charge in [-0.25, -0.2) is 4.68 Å². The molecule has 0 saturated heterocycles. The van der Waals surface area contributed by atoms with Gasteiger partial charge in [0.05, 0.1) is 5.69 Å². The van der Waals surface area contributed by atoms with Gasteiger partial charge in [0.15, 0.2) is 11.5 Å². The Hall–Kier alpha value is -3.88. The molecule has 0 aliphatic carbocycles. The number of nitrogens with zero attached hydrogens (tertiary/aromatic N) is 6. The third-order valence-corrected chi connectivity index (χ3v) is 3.94. The van der Waals surface area contributed by atoms with E-state index < -0.39 is 0 Å². The number of aryl methyl sites for hydroxylation is 1. The van der Waals surface area contributed by atoms with Gasteiger partial charge in [-0.3, -0.25) is 9.59 Å². The molecule has 0 fully saturated rings. The molecule has 134 valence electrons. The smallest absolute Gasteiger partial charge is 0.267 e. The molecule has 1 amide bonds. The first-order valence-corrected chi connectivity index (χ1v) is 8.22. The second-order valence-electron chi connectivity index (χ2n) is 5.88. The van der Waals surface area contributed by atoms with Crippen molar-refractivity contribution in [2.24, 2.45) is 0 Å². The number of hydrogen-bond donors (Lipinski definition) is 1. The summed E-state index contributed by atoms with van der Waals surface area (Å²) in [5, 5.41) is 19.2. The molecule has 4 rings (SSSR count). The van der Waals surface area contributed by atoms with Gasteiger partial charge in [0, 0.05) is 23.5 Å². The highest BCUT2D eigenvalue weighted by Gasteiger charge is 2.09. The monoisotopic (exact) mass is 361 g/mol. The molecule has 0 spiro atoms. The minimum atomic E-state index is -0.342. The van der Waals surface area contributed by atoms with E-state index in [1.165, 1.54) is 18.3 Å². The number of rotatable bonds is 4. The molecule has 0 aliphatic heterocycles. The van der Waals surface area contributed by atoms with Crippen molar-refractivity contribution in [1.29, 1.82) is 0 Å². The summed E-state index contributed by atoms with van der Waals surface area (Å²) >= 11 is 0. The van der Waals surface area contributed by atoms with Crippen LogP contribution >= 0.6 is 0 Å². The summed E-state index contributed by atoms with van der Waals surface area (Å²) in [4.78, 5) is 23.9. The lowest BCUT2D eigenvalue weighted by Gasteiger charge is -2.08. The van der Waals surface area contributed by atoms with E-state index in [1.807, 2.05) is 37.3 Å². The third-order valence-electron chi connectivity index (χ3n) is 3.94. The number of fused-ring (bicyclic) bond motifs is 1. The van der Waals surface area contributed by atoms with Gasteiger partial charge in [0.1, 0.15) is 6.54 Å². The Bertz CT molecular complexity index is 1200. The van der Waals surface area contributed by atoms with Gasteiger partial charge in [-0.1, -0.05) is 12.1 Å².